The number of hydrogen-bond acceptors (Lipinski definition) is 6. The van der Waals surface area contributed by atoms with Crippen LogP contribution in [0.25, 0.3) is 0 Å². The van der Waals surface area contributed by atoms with Gasteiger partial charge in [0.1, 0.15) is 17.3 Å². The molecule has 3 heterocycles. The number of carbonyl (C=O) groups is 1. The molecule has 0 aliphatic rings. The Labute approximate surface area is 156 Å². The lowest BCUT2D eigenvalue weighted by Crippen LogP contribution is -2.14. The number of aliphatic imine (C=N–C) groups is 1. The van der Waals surface area contributed by atoms with Gasteiger partial charge >= 0.3 is 0 Å². The van der Waals surface area contributed by atoms with Crippen LogP contribution in [0.3, 0.4) is 0 Å². The van der Waals surface area contributed by atoms with Crippen LogP contribution in [0.1, 0.15) is 21.6 Å². The first-order valence-corrected chi connectivity index (χ1v) is 8.14. The molecule has 136 valence electrons. The van der Waals surface area contributed by atoms with E-state index in [1.165, 1.54) is 6.20 Å². The molecule has 0 fully saturated rings. The van der Waals surface area contributed by atoms with Gasteiger partial charge in [-0.05, 0) is 43.7 Å². The van der Waals surface area contributed by atoms with E-state index in [0.717, 1.165) is 17.6 Å². The Morgan fingerprint density at radius 2 is 2.00 bits per heavy atom. The second-order valence-electron chi connectivity index (χ2n) is 5.74. The number of carbonyl (C=O) groups excluding carboxylic acids is 1. The summed E-state index contributed by atoms with van der Waals surface area (Å²) in [4.78, 5) is 29.1. The van der Waals surface area contributed by atoms with Crippen molar-refractivity contribution < 1.29 is 9.53 Å². The van der Waals surface area contributed by atoms with Crippen molar-refractivity contribution in [2.24, 2.45) is 10.7 Å². The van der Waals surface area contributed by atoms with Gasteiger partial charge in [0.15, 0.2) is 5.82 Å². The number of nitrogens with zero attached hydrogens (tertiary/aromatic N) is 4. The fourth-order valence-corrected chi connectivity index (χ4v) is 2.35. The molecule has 0 saturated heterocycles. The molecular formula is C19H18N6O2. The van der Waals surface area contributed by atoms with Crippen LogP contribution in [0.2, 0.25) is 0 Å². The first-order chi connectivity index (χ1) is 13.0. The molecule has 3 rings (SSSR count). The Balaban J connectivity index is 1.90. The molecule has 3 N–H and O–H groups in total. The third-order valence-electron chi connectivity index (χ3n) is 3.50. The standard InChI is InChI=1S/C19H18N6O2/c1-12-6-14(9-21-8-12)27-15-7-16(18(22-10-15)23-11-20)19(26)25-17-5-3-4-13(2)24-17/h3-11H,1-2H3,(H2,20,22,23)(H,24,25,26). The van der Waals surface area contributed by atoms with Crippen molar-refractivity contribution in [3.63, 3.8) is 0 Å². The predicted octanol–water partition coefficient (Wildman–Crippen LogP) is 3.15. The molecule has 0 atom stereocenters. The molecule has 1 amide bonds. The van der Waals surface area contributed by atoms with E-state index in [-0.39, 0.29) is 11.4 Å². The molecule has 0 spiro atoms. The topological polar surface area (TPSA) is 115 Å². The third-order valence-corrected chi connectivity index (χ3v) is 3.50. The molecule has 27 heavy (non-hydrogen) atoms. The lowest BCUT2D eigenvalue weighted by atomic mass is 10.2. The van der Waals surface area contributed by atoms with Crippen LogP contribution in [0.5, 0.6) is 11.5 Å². The van der Waals surface area contributed by atoms with Crippen molar-refractivity contribution >= 4 is 23.9 Å². The Hall–Kier alpha value is -3.81. The van der Waals surface area contributed by atoms with Crippen LogP contribution in [-0.2, 0) is 0 Å². The quantitative estimate of drug-likeness (QED) is 0.532. The van der Waals surface area contributed by atoms with Crippen LogP contribution in [-0.4, -0.2) is 27.2 Å². The monoisotopic (exact) mass is 362 g/mol. The van der Waals surface area contributed by atoms with Crippen molar-refractivity contribution in [1.82, 2.24) is 15.0 Å². The van der Waals surface area contributed by atoms with Crippen molar-refractivity contribution in [2.45, 2.75) is 13.8 Å². The summed E-state index contributed by atoms with van der Waals surface area (Å²) in [5.41, 5.74) is 7.31. The highest BCUT2D eigenvalue weighted by Crippen LogP contribution is 2.26. The van der Waals surface area contributed by atoms with E-state index in [1.807, 2.05) is 26.0 Å². The maximum Gasteiger partial charge on any atom is 0.260 e. The van der Waals surface area contributed by atoms with Crippen LogP contribution < -0.4 is 15.8 Å². The summed E-state index contributed by atoms with van der Waals surface area (Å²) in [5, 5.41) is 2.73. The SMILES string of the molecule is Cc1cncc(Oc2cnc(/N=C\N)c(C(=O)Nc3cccc(C)n3)c2)c1. The number of amides is 1. The molecule has 0 aliphatic carbocycles. The first kappa shape index (κ1) is 18.0. The fraction of sp³-hybridized carbons (Fsp3) is 0.105. The normalized spacial score (nSPS) is 10.7. The Morgan fingerprint density at radius 1 is 1.19 bits per heavy atom. The number of anilines is 1. The zero-order valence-electron chi connectivity index (χ0n) is 14.9. The Bertz CT molecular complexity index is 1000. The molecule has 0 aromatic carbocycles. The van der Waals surface area contributed by atoms with E-state index >= 15 is 0 Å². The summed E-state index contributed by atoms with van der Waals surface area (Å²) in [6.07, 6.45) is 5.84. The van der Waals surface area contributed by atoms with Gasteiger partial charge in [-0.15, -0.1) is 0 Å². The molecule has 3 aromatic heterocycles. The maximum atomic E-state index is 12.7. The van der Waals surface area contributed by atoms with E-state index in [2.05, 4.69) is 25.3 Å². The van der Waals surface area contributed by atoms with Crippen molar-refractivity contribution in [3.05, 3.63) is 65.7 Å². The maximum absolute atomic E-state index is 12.7. The van der Waals surface area contributed by atoms with E-state index < -0.39 is 5.91 Å². The number of aromatic nitrogens is 3. The van der Waals surface area contributed by atoms with Gasteiger partial charge in [-0.1, -0.05) is 6.07 Å². The van der Waals surface area contributed by atoms with Crippen molar-refractivity contribution in [3.8, 4) is 11.5 Å². The summed E-state index contributed by atoms with van der Waals surface area (Å²) in [7, 11) is 0. The molecule has 0 saturated carbocycles. The largest absolute Gasteiger partial charge is 0.454 e. The molecule has 3 aromatic rings. The summed E-state index contributed by atoms with van der Waals surface area (Å²) in [6.45, 7) is 3.75. The molecule has 0 radical (unpaired) electrons. The molecule has 0 bridgehead atoms. The highest BCUT2D eigenvalue weighted by Gasteiger charge is 2.15. The lowest BCUT2D eigenvalue weighted by Gasteiger charge is -2.10. The number of ether oxygens (including phenoxy) is 1. The third kappa shape index (κ3) is 4.63. The van der Waals surface area contributed by atoms with Crippen molar-refractivity contribution in [2.75, 3.05) is 5.32 Å². The second kappa shape index (κ2) is 8.05. The van der Waals surface area contributed by atoms with Crippen LogP contribution in [0, 0.1) is 13.8 Å². The van der Waals surface area contributed by atoms with Gasteiger partial charge in [-0.25, -0.2) is 15.0 Å². The minimum atomic E-state index is -0.422. The summed E-state index contributed by atoms with van der Waals surface area (Å²) >= 11 is 0. The number of aryl methyl sites for hydroxylation is 2. The van der Waals surface area contributed by atoms with Gasteiger partial charge in [0.25, 0.3) is 5.91 Å². The minimum Gasteiger partial charge on any atom is -0.454 e. The molecule has 8 heteroatoms. The van der Waals surface area contributed by atoms with Crippen LogP contribution >= 0.6 is 0 Å². The molecular weight excluding hydrogens is 344 g/mol. The molecule has 8 nitrogen and oxygen atoms in total. The average molecular weight is 362 g/mol. The average Bonchev–Trinajstić information content (AvgIpc) is 2.63. The molecule has 0 unspecified atom stereocenters. The zero-order chi connectivity index (χ0) is 19.2. The number of pyridine rings is 3. The zero-order valence-corrected chi connectivity index (χ0v) is 14.9. The smallest absolute Gasteiger partial charge is 0.260 e. The van der Waals surface area contributed by atoms with Crippen molar-refractivity contribution in [1.29, 1.82) is 0 Å². The van der Waals surface area contributed by atoms with E-state index in [4.69, 9.17) is 10.5 Å². The summed E-state index contributed by atoms with van der Waals surface area (Å²) < 4.78 is 5.75. The number of hydrogen-bond donors (Lipinski definition) is 2. The lowest BCUT2D eigenvalue weighted by molar-refractivity contribution is 0.102. The number of nitrogens with two attached hydrogens (primary N) is 1. The Kier molecular flexibility index (Phi) is 5.36. The van der Waals surface area contributed by atoms with Gasteiger partial charge in [0.2, 0.25) is 0 Å². The van der Waals surface area contributed by atoms with Gasteiger partial charge in [-0.2, -0.15) is 0 Å². The number of rotatable bonds is 5. The van der Waals surface area contributed by atoms with Gasteiger partial charge in [-0.3, -0.25) is 9.78 Å². The first-order valence-electron chi connectivity index (χ1n) is 8.14. The summed E-state index contributed by atoms with van der Waals surface area (Å²) in [5.74, 6) is 1.10. The fourth-order valence-electron chi connectivity index (χ4n) is 2.35. The van der Waals surface area contributed by atoms with Gasteiger partial charge in [0.05, 0.1) is 24.3 Å². The van der Waals surface area contributed by atoms with Gasteiger partial charge in [0, 0.05) is 11.9 Å². The second-order valence-corrected chi connectivity index (χ2v) is 5.74. The van der Waals surface area contributed by atoms with E-state index in [9.17, 15) is 4.79 Å². The van der Waals surface area contributed by atoms with Crippen LogP contribution in [0.15, 0.2) is 53.9 Å². The van der Waals surface area contributed by atoms with E-state index in [0.29, 0.717) is 17.3 Å². The Morgan fingerprint density at radius 3 is 2.74 bits per heavy atom. The minimum absolute atomic E-state index is 0.178. The summed E-state index contributed by atoms with van der Waals surface area (Å²) in [6, 6.07) is 8.71. The van der Waals surface area contributed by atoms with E-state index in [1.54, 1.807) is 30.6 Å². The highest BCUT2D eigenvalue weighted by molar-refractivity contribution is 6.07. The van der Waals surface area contributed by atoms with Gasteiger partial charge < -0.3 is 15.8 Å². The van der Waals surface area contributed by atoms with Crippen LogP contribution in [0.4, 0.5) is 11.6 Å². The highest BCUT2D eigenvalue weighted by atomic mass is 16.5. The predicted molar refractivity (Wildman–Crippen MR) is 103 cm³/mol. The molecule has 0 aliphatic heterocycles. The number of nitrogens with one attached hydrogen (secondary N) is 1.